The van der Waals surface area contributed by atoms with E-state index in [0.29, 0.717) is 11.1 Å². The molecule has 1 N–H and O–H groups in total. The molecular weight excluding hydrogens is 374 g/mol. The van der Waals surface area contributed by atoms with Gasteiger partial charge in [-0.1, -0.05) is 42.1 Å². The number of rotatable bonds is 6. The number of piperazine rings is 1. The highest BCUT2D eigenvalue weighted by Crippen LogP contribution is 2.26. The Bertz CT molecular complexity index is 888. The van der Waals surface area contributed by atoms with Gasteiger partial charge in [0.2, 0.25) is 5.91 Å². The number of aromatic amines is 1. The summed E-state index contributed by atoms with van der Waals surface area (Å²) in [6.07, 6.45) is 1.80. The summed E-state index contributed by atoms with van der Waals surface area (Å²) in [6.45, 7) is 6.08. The molecule has 1 saturated heterocycles. The number of hydrogen-bond donors (Lipinski definition) is 1. The van der Waals surface area contributed by atoms with Crippen molar-refractivity contribution in [3.63, 3.8) is 0 Å². The normalized spacial score (nSPS) is 16.2. The van der Waals surface area contributed by atoms with Crippen LogP contribution >= 0.6 is 11.8 Å². The molecule has 1 aliphatic rings. The fourth-order valence-corrected chi connectivity index (χ4v) is 4.02. The highest BCUT2D eigenvalue weighted by molar-refractivity contribution is 8.00. The average molecular weight is 398 g/mol. The van der Waals surface area contributed by atoms with Crippen molar-refractivity contribution in [3.8, 4) is 11.6 Å². The first kappa shape index (κ1) is 18.8. The number of nitrogens with one attached hydrogen (secondary N) is 1. The molecule has 3 heterocycles. The van der Waals surface area contributed by atoms with Gasteiger partial charge in [0.1, 0.15) is 5.69 Å². The molecule has 0 saturated carbocycles. The number of amides is 1. The van der Waals surface area contributed by atoms with Crippen molar-refractivity contribution in [2.45, 2.75) is 23.9 Å². The standard InChI is InChI=1S/C20H23N5O2S/c1-15(28-20-23-22-18(27-20)17-8-5-9-21-17)19(26)25-12-10-24(11-13-25)14-16-6-3-2-4-7-16/h2-9,15,21H,10-14H2,1H3/t15-/m0/s1. The van der Waals surface area contributed by atoms with Crippen molar-refractivity contribution in [1.82, 2.24) is 25.0 Å². The quantitative estimate of drug-likeness (QED) is 0.645. The third-order valence-corrected chi connectivity index (χ3v) is 5.71. The second-order valence-corrected chi connectivity index (χ2v) is 8.10. The van der Waals surface area contributed by atoms with E-state index in [9.17, 15) is 4.79 Å². The monoisotopic (exact) mass is 397 g/mol. The van der Waals surface area contributed by atoms with Crippen LogP contribution in [-0.2, 0) is 11.3 Å². The lowest BCUT2D eigenvalue weighted by Gasteiger charge is -2.35. The van der Waals surface area contributed by atoms with Gasteiger partial charge in [0.25, 0.3) is 11.1 Å². The highest BCUT2D eigenvalue weighted by Gasteiger charge is 2.27. The SMILES string of the molecule is C[C@H](Sc1nnc(-c2ccc[nH]2)o1)C(=O)N1CCN(Cc2ccccc2)CC1. The second kappa shape index (κ2) is 8.62. The number of hydrogen-bond acceptors (Lipinski definition) is 6. The van der Waals surface area contributed by atoms with Crippen molar-refractivity contribution in [3.05, 3.63) is 54.2 Å². The molecule has 4 rings (SSSR count). The number of carbonyl (C=O) groups excluding carboxylic acids is 1. The molecule has 1 aromatic carbocycles. The Morgan fingerprint density at radius 3 is 2.64 bits per heavy atom. The van der Waals surface area contributed by atoms with Gasteiger partial charge >= 0.3 is 0 Å². The summed E-state index contributed by atoms with van der Waals surface area (Å²) in [6, 6.07) is 14.2. The van der Waals surface area contributed by atoms with Gasteiger partial charge in [-0.3, -0.25) is 9.69 Å². The van der Waals surface area contributed by atoms with Crippen molar-refractivity contribution in [2.75, 3.05) is 26.2 Å². The number of H-pyrrole nitrogens is 1. The maximum absolute atomic E-state index is 12.8. The van der Waals surface area contributed by atoms with Crippen LogP contribution in [0.5, 0.6) is 0 Å². The van der Waals surface area contributed by atoms with E-state index < -0.39 is 0 Å². The lowest BCUT2D eigenvalue weighted by molar-refractivity contribution is -0.132. The Balaban J connectivity index is 1.28. The summed E-state index contributed by atoms with van der Waals surface area (Å²) >= 11 is 1.31. The van der Waals surface area contributed by atoms with E-state index in [1.165, 1.54) is 17.3 Å². The van der Waals surface area contributed by atoms with Gasteiger partial charge in [-0.05, 0) is 24.6 Å². The minimum atomic E-state index is -0.266. The number of aromatic nitrogens is 3. The molecule has 0 bridgehead atoms. The Morgan fingerprint density at radius 2 is 1.93 bits per heavy atom. The molecule has 3 aromatic rings. The lowest BCUT2D eigenvalue weighted by atomic mass is 10.2. The van der Waals surface area contributed by atoms with Crippen LogP contribution in [-0.4, -0.2) is 62.3 Å². The summed E-state index contributed by atoms with van der Waals surface area (Å²) in [5.41, 5.74) is 2.08. The maximum Gasteiger partial charge on any atom is 0.277 e. The molecule has 0 spiro atoms. The van der Waals surface area contributed by atoms with Crippen LogP contribution in [0.2, 0.25) is 0 Å². The first-order valence-electron chi connectivity index (χ1n) is 9.38. The van der Waals surface area contributed by atoms with Gasteiger partial charge in [0, 0.05) is 38.9 Å². The molecule has 8 heteroatoms. The molecular formula is C20H23N5O2S. The lowest BCUT2D eigenvalue weighted by Crippen LogP contribution is -2.50. The average Bonchev–Trinajstić information content (AvgIpc) is 3.40. The molecule has 1 fully saturated rings. The highest BCUT2D eigenvalue weighted by atomic mass is 32.2. The van der Waals surface area contributed by atoms with E-state index in [1.807, 2.05) is 30.0 Å². The van der Waals surface area contributed by atoms with Crippen molar-refractivity contribution >= 4 is 17.7 Å². The summed E-state index contributed by atoms with van der Waals surface area (Å²) in [4.78, 5) is 20.1. The molecule has 146 valence electrons. The summed E-state index contributed by atoms with van der Waals surface area (Å²) in [7, 11) is 0. The van der Waals surface area contributed by atoms with Gasteiger partial charge in [-0.15, -0.1) is 10.2 Å². The van der Waals surface area contributed by atoms with Crippen LogP contribution < -0.4 is 0 Å². The van der Waals surface area contributed by atoms with Crippen molar-refractivity contribution in [2.24, 2.45) is 0 Å². The predicted molar refractivity (Wildman–Crippen MR) is 108 cm³/mol. The van der Waals surface area contributed by atoms with Crippen LogP contribution in [0.25, 0.3) is 11.6 Å². The largest absolute Gasteiger partial charge is 0.410 e. The molecule has 0 aliphatic carbocycles. The van der Waals surface area contributed by atoms with Crippen LogP contribution in [0.1, 0.15) is 12.5 Å². The van der Waals surface area contributed by atoms with E-state index in [0.717, 1.165) is 38.4 Å². The molecule has 28 heavy (non-hydrogen) atoms. The predicted octanol–water partition coefficient (Wildman–Crippen LogP) is 2.89. The third kappa shape index (κ3) is 4.45. The second-order valence-electron chi connectivity index (χ2n) is 6.80. The molecule has 0 unspecified atom stereocenters. The third-order valence-electron chi connectivity index (χ3n) is 4.79. The zero-order chi connectivity index (χ0) is 19.3. The minimum absolute atomic E-state index is 0.115. The number of benzene rings is 1. The Hall–Kier alpha value is -2.58. The molecule has 1 atom stereocenters. The van der Waals surface area contributed by atoms with E-state index >= 15 is 0 Å². The fourth-order valence-electron chi connectivity index (χ4n) is 3.26. The van der Waals surface area contributed by atoms with Gasteiger partial charge in [-0.25, -0.2) is 0 Å². The molecule has 7 nitrogen and oxygen atoms in total. The van der Waals surface area contributed by atoms with Crippen molar-refractivity contribution < 1.29 is 9.21 Å². The van der Waals surface area contributed by atoms with E-state index in [2.05, 4.69) is 44.3 Å². The van der Waals surface area contributed by atoms with Gasteiger partial charge in [0.05, 0.1) is 5.25 Å². The number of nitrogens with zero attached hydrogens (tertiary/aromatic N) is 4. The number of thioether (sulfide) groups is 1. The van der Waals surface area contributed by atoms with Crippen LogP contribution in [0, 0.1) is 0 Å². The molecule has 2 aromatic heterocycles. The summed E-state index contributed by atoms with van der Waals surface area (Å²) in [5.74, 6) is 0.547. The van der Waals surface area contributed by atoms with E-state index in [-0.39, 0.29) is 11.2 Å². The molecule has 1 amide bonds. The van der Waals surface area contributed by atoms with Gasteiger partial charge in [0.15, 0.2) is 0 Å². The smallest absolute Gasteiger partial charge is 0.277 e. The van der Waals surface area contributed by atoms with Crippen molar-refractivity contribution in [1.29, 1.82) is 0 Å². The summed E-state index contributed by atoms with van der Waals surface area (Å²) < 4.78 is 5.65. The maximum atomic E-state index is 12.8. The van der Waals surface area contributed by atoms with Crippen LogP contribution in [0.3, 0.4) is 0 Å². The van der Waals surface area contributed by atoms with Gasteiger partial charge in [-0.2, -0.15) is 0 Å². The minimum Gasteiger partial charge on any atom is -0.410 e. The molecule has 1 aliphatic heterocycles. The summed E-state index contributed by atoms with van der Waals surface area (Å²) in [5, 5.41) is 8.22. The van der Waals surface area contributed by atoms with E-state index in [1.54, 1.807) is 6.20 Å². The van der Waals surface area contributed by atoms with Crippen LogP contribution in [0.4, 0.5) is 0 Å². The topological polar surface area (TPSA) is 78.3 Å². The fraction of sp³-hybridized carbons (Fsp3) is 0.350. The zero-order valence-corrected chi connectivity index (χ0v) is 16.6. The van der Waals surface area contributed by atoms with Crippen LogP contribution in [0.15, 0.2) is 58.3 Å². The Kier molecular flexibility index (Phi) is 5.78. The number of carbonyl (C=O) groups is 1. The first-order valence-corrected chi connectivity index (χ1v) is 10.3. The van der Waals surface area contributed by atoms with E-state index in [4.69, 9.17) is 4.42 Å². The Labute approximate surface area is 168 Å². The van der Waals surface area contributed by atoms with Gasteiger partial charge < -0.3 is 14.3 Å². The Morgan fingerprint density at radius 1 is 1.14 bits per heavy atom. The molecule has 0 radical (unpaired) electrons. The first-order chi connectivity index (χ1) is 13.7. The zero-order valence-electron chi connectivity index (χ0n) is 15.7.